The second kappa shape index (κ2) is 4.68. The number of carbonyl (C=O) groups is 1. The predicted octanol–water partition coefficient (Wildman–Crippen LogP) is 3.29. The van der Waals surface area contributed by atoms with Crippen LogP contribution in [-0.2, 0) is 12.6 Å². The zero-order chi connectivity index (χ0) is 16.2. The van der Waals surface area contributed by atoms with Crippen LogP contribution in [0.2, 0.25) is 0 Å². The summed E-state index contributed by atoms with van der Waals surface area (Å²) < 4.78 is 40.8. The Kier molecular flexibility index (Phi) is 2.84. The lowest BCUT2D eigenvalue weighted by molar-refractivity contribution is -0.141. The quantitative estimate of drug-likeness (QED) is 0.748. The van der Waals surface area contributed by atoms with Crippen molar-refractivity contribution in [3.8, 4) is 5.95 Å². The summed E-state index contributed by atoms with van der Waals surface area (Å²) in [6.45, 7) is 0. The van der Waals surface area contributed by atoms with E-state index in [0.717, 1.165) is 4.68 Å². The Morgan fingerprint density at radius 1 is 1.17 bits per heavy atom. The Hall–Kier alpha value is -2.64. The van der Waals surface area contributed by atoms with Gasteiger partial charge in [0.2, 0.25) is 5.95 Å². The number of nitrogens with zero attached hydrogens (tertiary/aromatic N) is 3. The molecule has 2 heterocycles. The van der Waals surface area contributed by atoms with Crippen LogP contribution < -0.4 is 0 Å². The van der Waals surface area contributed by atoms with E-state index in [-0.39, 0.29) is 23.6 Å². The van der Waals surface area contributed by atoms with Crippen molar-refractivity contribution in [3.63, 3.8) is 0 Å². The third-order valence-corrected chi connectivity index (χ3v) is 3.92. The van der Waals surface area contributed by atoms with Crippen LogP contribution in [0.5, 0.6) is 0 Å². The zero-order valence-electron chi connectivity index (χ0n) is 11.8. The lowest BCUT2D eigenvalue weighted by atomic mass is 9.94. The predicted molar refractivity (Wildman–Crippen MR) is 75.5 cm³/mol. The lowest BCUT2D eigenvalue weighted by Crippen LogP contribution is -2.16. The minimum absolute atomic E-state index is 0.113. The fourth-order valence-corrected chi connectivity index (χ4v) is 2.93. The molecule has 5 nitrogen and oxygen atoms in total. The van der Waals surface area contributed by atoms with Crippen molar-refractivity contribution >= 4 is 16.8 Å². The number of Topliss-reactive ketones (excluding diaryl/α,β-unsaturated/α-hetero) is 1. The van der Waals surface area contributed by atoms with Crippen molar-refractivity contribution in [3.05, 3.63) is 41.2 Å². The van der Waals surface area contributed by atoms with Crippen LogP contribution in [0.15, 0.2) is 24.3 Å². The molecule has 0 spiro atoms. The molecule has 3 aromatic rings. The van der Waals surface area contributed by atoms with Gasteiger partial charge in [0.25, 0.3) is 0 Å². The highest BCUT2D eigenvalue weighted by Gasteiger charge is 2.42. The Bertz CT molecular complexity index is 890. The second-order valence-corrected chi connectivity index (χ2v) is 5.43. The maximum absolute atomic E-state index is 13.2. The monoisotopic (exact) mass is 320 g/mol. The number of aromatic amines is 1. The number of ketones is 1. The Morgan fingerprint density at radius 3 is 2.70 bits per heavy atom. The van der Waals surface area contributed by atoms with Crippen LogP contribution in [0, 0.1) is 0 Å². The molecular formula is C15H11F3N4O. The first-order chi connectivity index (χ1) is 10.9. The van der Waals surface area contributed by atoms with Crippen LogP contribution in [0.4, 0.5) is 13.2 Å². The highest BCUT2D eigenvalue weighted by atomic mass is 19.4. The third kappa shape index (κ3) is 2.13. The van der Waals surface area contributed by atoms with Gasteiger partial charge in [0, 0.05) is 6.42 Å². The van der Waals surface area contributed by atoms with Gasteiger partial charge in [0.05, 0.1) is 22.3 Å². The molecule has 0 saturated carbocycles. The molecule has 2 aromatic heterocycles. The van der Waals surface area contributed by atoms with Gasteiger partial charge in [-0.3, -0.25) is 4.79 Å². The number of H-pyrrole nitrogens is 1. The molecule has 118 valence electrons. The summed E-state index contributed by atoms with van der Waals surface area (Å²) in [7, 11) is 0. The number of benzene rings is 1. The third-order valence-electron chi connectivity index (χ3n) is 3.92. The average molecular weight is 320 g/mol. The Morgan fingerprint density at radius 2 is 1.96 bits per heavy atom. The van der Waals surface area contributed by atoms with Crippen LogP contribution in [0.25, 0.3) is 17.0 Å². The number of hydrogen-bond acceptors (Lipinski definition) is 3. The summed E-state index contributed by atoms with van der Waals surface area (Å²) in [6.07, 6.45) is -3.69. The fourth-order valence-electron chi connectivity index (χ4n) is 2.93. The van der Waals surface area contributed by atoms with Crippen molar-refractivity contribution in [1.82, 2.24) is 19.7 Å². The van der Waals surface area contributed by atoms with Crippen LogP contribution in [0.3, 0.4) is 0 Å². The maximum Gasteiger partial charge on any atom is 0.435 e. The van der Waals surface area contributed by atoms with E-state index in [0.29, 0.717) is 23.9 Å². The van der Waals surface area contributed by atoms with E-state index in [2.05, 4.69) is 15.1 Å². The minimum atomic E-state index is -4.67. The molecule has 0 saturated heterocycles. The summed E-state index contributed by atoms with van der Waals surface area (Å²) >= 11 is 0. The molecule has 0 amide bonds. The first-order valence-electron chi connectivity index (χ1n) is 7.12. The standard InChI is InChI=1S/C15H11F3N4O/c16-15(17,18)13-12-10(6-3-7-11(12)23)22(21-13)14-19-8-4-1-2-5-9(8)20-14/h1-2,4-5H,3,6-7H2,(H,19,20). The van der Waals surface area contributed by atoms with Crippen LogP contribution >= 0.6 is 0 Å². The largest absolute Gasteiger partial charge is 0.435 e. The molecule has 1 N–H and O–H groups in total. The normalized spacial score (nSPS) is 15.2. The molecule has 23 heavy (non-hydrogen) atoms. The van der Waals surface area contributed by atoms with E-state index < -0.39 is 17.7 Å². The number of alkyl halides is 3. The molecular weight excluding hydrogens is 309 g/mol. The van der Waals surface area contributed by atoms with Crippen LogP contribution in [-0.4, -0.2) is 25.5 Å². The highest BCUT2D eigenvalue weighted by Crippen LogP contribution is 2.36. The molecule has 1 aliphatic carbocycles. The first-order valence-corrected chi connectivity index (χ1v) is 7.12. The molecule has 0 radical (unpaired) electrons. The van der Waals surface area contributed by atoms with Crippen LogP contribution in [0.1, 0.15) is 34.6 Å². The molecule has 0 atom stereocenters. The number of imidazole rings is 1. The summed E-state index contributed by atoms with van der Waals surface area (Å²) in [4.78, 5) is 19.2. The highest BCUT2D eigenvalue weighted by molar-refractivity contribution is 5.99. The van der Waals surface area contributed by atoms with E-state index in [1.807, 2.05) is 0 Å². The molecule has 0 fully saturated rings. The fraction of sp³-hybridized carbons (Fsp3) is 0.267. The van der Waals surface area contributed by atoms with E-state index >= 15 is 0 Å². The van der Waals surface area contributed by atoms with E-state index in [4.69, 9.17) is 0 Å². The SMILES string of the molecule is O=C1CCCc2c1c(C(F)(F)F)nn2-c1nc2ccccc2[nH]1. The summed E-state index contributed by atoms with van der Waals surface area (Å²) in [5.41, 5.74) is 0.152. The number of aromatic nitrogens is 4. The summed E-state index contributed by atoms with van der Waals surface area (Å²) in [6, 6.07) is 7.11. The molecule has 0 unspecified atom stereocenters. The number of halogens is 3. The van der Waals surface area contributed by atoms with Gasteiger partial charge in [0.1, 0.15) is 0 Å². The van der Waals surface area contributed by atoms with Gasteiger partial charge in [-0.1, -0.05) is 12.1 Å². The molecule has 0 aliphatic heterocycles. The Labute approximate surface area is 128 Å². The summed E-state index contributed by atoms with van der Waals surface area (Å²) in [5.74, 6) is -0.325. The topological polar surface area (TPSA) is 63.6 Å². The van der Waals surface area contributed by atoms with Crippen molar-refractivity contribution in [2.45, 2.75) is 25.4 Å². The number of para-hydroxylation sites is 2. The molecule has 8 heteroatoms. The average Bonchev–Trinajstić information content (AvgIpc) is 3.08. The smallest absolute Gasteiger partial charge is 0.322 e. The Balaban J connectivity index is 1.97. The van der Waals surface area contributed by atoms with E-state index in [9.17, 15) is 18.0 Å². The van der Waals surface area contributed by atoms with Gasteiger partial charge in [-0.25, -0.2) is 9.67 Å². The summed E-state index contributed by atoms with van der Waals surface area (Å²) in [5, 5.41) is 3.66. The first kappa shape index (κ1) is 14.0. The number of nitrogens with one attached hydrogen (secondary N) is 1. The molecule has 0 bridgehead atoms. The molecule has 1 aliphatic rings. The molecule has 1 aromatic carbocycles. The zero-order valence-corrected chi connectivity index (χ0v) is 11.8. The van der Waals surface area contributed by atoms with Crippen molar-refractivity contribution in [2.75, 3.05) is 0 Å². The van der Waals surface area contributed by atoms with Gasteiger partial charge in [-0.15, -0.1) is 0 Å². The van der Waals surface area contributed by atoms with Gasteiger partial charge < -0.3 is 4.98 Å². The number of carbonyl (C=O) groups excluding carboxylic acids is 1. The van der Waals surface area contributed by atoms with Gasteiger partial charge in [-0.05, 0) is 25.0 Å². The van der Waals surface area contributed by atoms with E-state index in [1.165, 1.54) is 0 Å². The van der Waals surface area contributed by atoms with Crippen molar-refractivity contribution in [1.29, 1.82) is 0 Å². The van der Waals surface area contributed by atoms with Gasteiger partial charge in [0.15, 0.2) is 11.5 Å². The van der Waals surface area contributed by atoms with Crippen molar-refractivity contribution < 1.29 is 18.0 Å². The molecule has 4 rings (SSSR count). The number of rotatable bonds is 1. The van der Waals surface area contributed by atoms with Gasteiger partial charge >= 0.3 is 6.18 Å². The minimum Gasteiger partial charge on any atom is -0.322 e. The number of hydrogen-bond donors (Lipinski definition) is 1. The second-order valence-electron chi connectivity index (χ2n) is 5.43. The number of fused-ring (bicyclic) bond motifs is 2. The van der Waals surface area contributed by atoms with Crippen molar-refractivity contribution in [2.24, 2.45) is 0 Å². The lowest BCUT2D eigenvalue weighted by Gasteiger charge is -2.12. The maximum atomic E-state index is 13.2. The van der Waals surface area contributed by atoms with E-state index in [1.54, 1.807) is 24.3 Å². The van der Waals surface area contributed by atoms with Gasteiger partial charge in [-0.2, -0.15) is 18.3 Å².